The number of hydrogen-bond acceptors (Lipinski definition) is 2. The van der Waals surface area contributed by atoms with Crippen molar-refractivity contribution in [2.45, 2.75) is 13.0 Å². The lowest BCUT2D eigenvalue weighted by atomic mass is 10.1. The molecule has 2 aromatic carbocycles. The molecule has 1 atom stereocenters. The fourth-order valence-corrected chi connectivity index (χ4v) is 1.84. The maximum atomic E-state index is 12.8. The maximum Gasteiger partial charge on any atom is 0.238 e. The van der Waals surface area contributed by atoms with Gasteiger partial charge in [-0.3, -0.25) is 4.79 Å². The van der Waals surface area contributed by atoms with E-state index in [9.17, 15) is 9.18 Å². The lowest BCUT2D eigenvalue weighted by Gasteiger charge is -2.14. The summed E-state index contributed by atoms with van der Waals surface area (Å²) in [6.07, 6.45) is 0. The summed E-state index contributed by atoms with van der Waals surface area (Å²) in [6.45, 7) is 2.14. The Labute approximate surface area is 117 Å². The molecule has 104 valence electrons. The van der Waals surface area contributed by atoms with E-state index in [0.717, 1.165) is 11.3 Å². The third-order valence-electron chi connectivity index (χ3n) is 3.00. The molecule has 0 aliphatic heterocycles. The standard InChI is InChI=1S/C16H17FN2O/c1-12(13-7-9-14(17)10-8-13)18-11-16(20)19-15-5-3-2-4-6-15/h2-10,12,18H,11H2,1H3,(H,19,20). The number of para-hydroxylation sites is 1. The lowest BCUT2D eigenvalue weighted by Crippen LogP contribution is -2.30. The molecule has 0 fully saturated rings. The lowest BCUT2D eigenvalue weighted by molar-refractivity contribution is -0.115. The van der Waals surface area contributed by atoms with E-state index in [1.807, 2.05) is 37.3 Å². The molecule has 0 saturated carbocycles. The van der Waals surface area contributed by atoms with E-state index in [0.29, 0.717) is 0 Å². The Bertz CT molecular complexity index is 554. The summed E-state index contributed by atoms with van der Waals surface area (Å²) < 4.78 is 12.8. The number of hydrogen-bond donors (Lipinski definition) is 2. The summed E-state index contributed by atoms with van der Waals surface area (Å²) in [7, 11) is 0. The van der Waals surface area contributed by atoms with E-state index in [4.69, 9.17) is 0 Å². The molecular weight excluding hydrogens is 255 g/mol. The number of carbonyl (C=O) groups is 1. The van der Waals surface area contributed by atoms with Crippen LogP contribution in [-0.2, 0) is 4.79 Å². The monoisotopic (exact) mass is 272 g/mol. The molecule has 4 heteroatoms. The van der Waals surface area contributed by atoms with Crippen LogP contribution in [0.4, 0.5) is 10.1 Å². The Morgan fingerprint density at radius 1 is 1.10 bits per heavy atom. The van der Waals surface area contributed by atoms with E-state index in [1.165, 1.54) is 12.1 Å². The first-order valence-corrected chi connectivity index (χ1v) is 6.49. The molecule has 0 spiro atoms. The van der Waals surface area contributed by atoms with Crippen LogP contribution in [0.25, 0.3) is 0 Å². The molecule has 20 heavy (non-hydrogen) atoms. The molecule has 1 unspecified atom stereocenters. The summed E-state index contributed by atoms with van der Waals surface area (Å²) in [5.74, 6) is -0.368. The van der Waals surface area contributed by atoms with Gasteiger partial charge >= 0.3 is 0 Å². The summed E-state index contributed by atoms with van der Waals surface area (Å²) in [6, 6.07) is 15.5. The van der Waals surface area contributed by atoms with Crippen LogP contribution in [-0.4, -0.2) is 12.5 Å². The summed E-state index contributed by atoms with van der Waals surface area (Å²) in [4.78, 5) is 11.8. The number of carbonyl (C=O) groups excluding carboxylic acids is 1. The number of rotatable bonds is 5. The third kappa shape index (κ3) is 4.17. The second-order valence-corrected chi connectivity index (χ2v) is 4.57. The molecule has 2 rings (SSSR count). The second-order valence-electron chi connectivity index (χ2n) is 4.57. The number of halogens is 1. The van der Waals surface area contributed by atoms with Crippen LogP contribution in [0.5, 0.6) is 0 Å². The van der Waals surface area contributed by atoms with E-state index in [1.54, 1.807) is 12.1 Å². The Kier molecular flexibility index (Phi) is 4.85. The molecule has 0 radical (unpaired) electrons. The predicted octanol–water partition coefficient (Wildman–Crippen LogP) is 3.12. The van der Waals surface area contributed by atoms with Crippen molar-refractivity contribution in [2.75, 3.05) is 11.9 Å². The minimum absolute atomic E-state index is 0.0166. The van der Waals surface area contributed by atoms with Gasteiger partial charge in [0.1, 0.15) is 5.82 Å². The van der Waals surface area contributed by atoms with Gasteiger partial charge in [-0.2, -0.15) is 0 Å². The molecule has 2 N–H and O–H groups in total. The minimum Gasteiger partial charge on any atom is -0.325 e. The van der Waals surface area contributed by atoms with Crippen LogP contribution >= 0.6 is 0 Å². The quantitative estimate of drug-likeness (QED) is 0.878. The summed E-state index contributed by atoms with van der Waals surface area (Å²) in [5.41, 5.74) is 1.72. The van der Waals surface area contributed by atoms with Crippen LogP contribution in [0, 0.1) is 5.82 Å². The average molecular weight is 272 g/mol. The molecule has 3 nitrogen and oxygen atoms in total. The van der Waals surface area contributed by atoms with Crippen molar-refractivity contribution < 1.29 is 9.18 Å². The zero-order chi connectivity index (χ0) is 14.4. The van der Waals surface area contributed by atoms with Crippen molar-refractivity contribution in [3.63, 3.8) is 0 Å². The normalized spacial score (nSPS) is 11.9. The second kappa shape index (κ2) is 6.82. The molecule has 2 aromatic rings. The Morgan fingerprint density at radius 3 is 2.40 bits per heavy atom. The van der Waals surface area contributed by atoms with Gasteiger partial charge in [0, 0.05) is 11.7 Å². The number of nitrogens with one attached hydrogen (secondary N) is 2. The number of anilines is 1. The first-order valence-electron chi connectivity index (χ1n) is 6.49. The Balaban J connectivity index is 1.82. The fraction of sp³-hybridized carbons (Fsp3) is 0.188. The fourth-order valence-electron chi connectivity index (χ4n) is 1.84. The van der Waals surface area contributed by atoms with E-state index in [-0.39, 0.29) is 24.3 Å². The van der Waals surface area contributed by atoms with Crippen molar-refractivity contribution in [3.05, 3.63) is 66.0 Å². The van der Waals surface area contributed by atoms with Gasteiger partial charge in [0.25, 0.3) is 0 Å². The molecule has 0 bridgehead atoms. The van der Waals surface area contributed by atoms with Crippen LogP contribution in [0.1, 0.15) is 18.5 Å². The van der Waals surface area contributed by atoms with Crippen LogP contribution < -0.4 is 10.6 Å². The van der Waals surface area contributed by atoms with Crippen molar-refractivity contribution in [1.82, 2.24) is 5.32 Å². The zero-order valence-electron chi connectivity index (χ0n) is 11.3. The zero-order valence-corrected chi connectivity index (χ0v) is 11.3. The van der Waals surface area contributed by atoms with Crippen molar-refractivity contribution in [1.29, 1.82) is 0 Å². The van der Waals surface area contributed by atoms with Crippen molar-refractivity contribution >= 4 is 11.6 Å². The topological polar surface area (TPSA) is 41.1 Å². The number of benzene rings is 2. The highest BCUT2D eigenvalue weighted by molar-refractivity contribution is 5.92. The van der Waals surface area contributed by atoms with E-state index < -0.39 is 0 Å². The van der Waals surface area contributed by atoms with Gasteiger partial charge in [0.15, 0.2) is 0 Å². The highest BCUT2D eigenvalue weighted by Gasteiger charge is 2.07. The van der Waals surface area contributed by atoms with Crippen LogP contribution in [0.3, 0.4) is 0 Å². The first-order chi connectivity index (χ1) is 9.65. The van der Waals surface area contributed by atoms with E-state index >= 15 is 0 Å². The maximum absolute atomic E-state index is 12.8. The molecular formula is C16H17FN2O. The summed E-state index contributed by atoms with van der Waals surface area (Å²) >= 11 is 0. The van der Waals surface area contributed by atoms with Crippen LogP contribution in [0.2, 0.25) is 0 Å². The van der Waals surface area contributed by atoms with Crippen LogP contribution in [0.15, 0.2) is 54.6 Å². The third-order valence-corrected chi connectivity index (χ3v) is 3.00. The van der Waals surface area contributed by atoms with Gasteiger partial charge in [-0.15, -0.1) is 0 Å². The Morgan fingerprint density at radius 2 is 1.75 bits per heavy atom. The first kappa shape index (κ1) is 14.2. The Hall–Kier alpha value is -2.20. The van der Waals surface area contributed by atoms with Gasteiger partial charge in [0.2, 0.25) is 5.91 Å². The van der Waals surface area contributed by atoms with Gasteiger partial charge in [-0.25, -0.2) is 4.39 Å². The molecule has 1 amide bonds. The molecule has 0 aliphatic rings. The van der Waals surface area contributed by atoms with Gasteiger partial charge < -0.3 is 10.6 Å². The average Bonchev–Trinajstić information content (AvgIpc) is 2.46. The van der Waals surface area contributed by atoms with Gasteiger partial charge in [-0.05, 0) is 36.8 Å². The minimum atomic E-state index is -0.261. The van der Waals surface area contributed by atoms with Gasteiger partial charge in [-0.1, -0.05) is 30.3 Å². The molecule has 0 aliphatic carbocycles. The largest absolute Gasteiger partial charge is 0.325 e. The van der Waals surface area contributed by atoms with Gasteiger partial charge in [0.05, 0.1) is 6.54 Å². The number of amides is 1. The summed E-state index contributed by atoms with van der Waals surface area (Å²) in [5, 5.41) is 5.90. The molecule has 0 saturated heterocycles. The highest BCUT2D eigenvalue weighted by Crippen LogP contribution is 2.12. The molecule has 0 aromatic heterocycles. The van der Waals surface area contributed by atoms with Crippen molar-refractivity contribution in [3.8, 4) is 0 Å². The predicted molar refractivity (Wildman–Crippen MR) is 77.9 cm³/mol. The van der Waals surface area contributed by atoms with Crippen molar-refractivity contribution in [2.24, 2.45) is 0 Å². The molecule has 0 heterocycles. The SMILES string of the molecule is CC(NCC(=O)Nc1ccccc1)c1ccc(F)cc1. The highest BCUT2D eigenvalue weighted by atomic mass is 19.1. The smallest absolute Gasteiger partial charge is 0.238 e. The van der Waals surface area contributed by atoms with E-state index in [2.05, 4.69) is 10.6 Å².